The van der Waals surface area contributed by atoms with Crippen LogP contribution >= 0.6 is 0 Å². The zero-order valence-electron chi connectivity index (χ0n) is 16.4. The summed E-state index contributed by atoms with van der Waals surface area (Å²) in [4.78, 5) is 8.58. The molecular formula is C20H31KN4O2. The number of unbranched alkanes of at least 4 members (excludes halogenated alkanes) is 5. The van der Waals surface area contributed by atoms with E-state index in [1.165, 1.54) is 25.7 Å². The number of carbonyl (C=O) groups is 1. The van der Waals surface area contributed by atoms with Crippen LogP contribution in [-0.4, -0.2) is 30.8 Å². The molecule has 0 aromatic heterocycles. The maximum atomic E-state index is 9.96. The number of benzene rings is 1. The van der Waals surface area contributed by atoms with Gasteiger partial charge in [0, 0.05) is 11.8 Å². The molecule has 0 aliphatic rings. The van der Waals surface area contributed by atoms with Crippen molar-refractivity contribution >= 4 is 25.3 Å². The topological polar surface area (TPSA) is 116 Å². The summed E-state index contributed by atoms with van der Waals surface area (Å²) in [6.07, 6.45) is 12.3. The summed E-state index contributed by atoms with van der Waals surface area (Å²) >= 11 is 0. The summed E-state index contributed by atoms with van der Waals surface area (Å²) in [6.45, 7) is 9.13. The molecule has 0 aliphatic carbocycles. The molecule has 0 radical (unpaired) electrons. The molecule has 0 bridgehead atoms. The van der Waals surface area contributed by atoms with Gasteiger partial charge in [0.05, 0.1) is 0 Å². The molecule has 144 valence electrons. The number of amides is 1. The van der Waals surface area contributed by atoms with Gasteiger partial charge >= 0.3 is 51.4 Å². The van der Waals surface area contributed by atoms with Crippen LogP contribution in [0.25, 0.3) is 18.1 Å². The van der Waals surface area contributed by atoms with Crippen LogP contribution in [0.5, 0.6) is 5.75 Å². The van der Waals surface area contributed by atoms with Gasteiger partial charge < -0.3 is 27.1 Å². The molecule has 0 atom stereocenters. The third-order valence-corrected chi connectivity index (χ3v) is 3.62. The molecule has 1 rings (SSSR count). The number of rotatable bonds is 11. The molecule has 1 amide bonds. The molecule has 0 fully saturated rings. The van der Waals surface area contributed by atoms with Crippen LogP contribution in [0, 0.1) is 0 Å². The van der Waals surface area contributed by atoms with Crippen LogP contribution in [0.15, 0.2) is 29.9 Å². The van der Waals surface area contributed by atoms with Crippen molar-refractivity contribution < 1.29 is 61.3 Å². The first kappa shape index (κ1) is 28.2. The zero-order chi connectivity index (χ0) is 19.6. The summed E-state index contributed by atoms with van der Waals surface area (Å²) in [7, 11) is 0. The van der Waals surface area contributed by atoms with Crippen molar-refractivity contribution in [3.63, 3.8) is 0 Å². The number of allylic oxidation sites excluding steroid dienone is 1. The van der Waals surface area contributed by atoms with Crippen molar-refractivity contribution in [1.82, 2.24) is 0 Å². The van der Waals surface area contributed by atoms with Crippen molar-refractivity contribution in [2.75, 3.05) is 13.1 Å². The Kier molecular flexibility index (Phi) is 20.7. The Hall–Kier alpha value is -0.964. The van der Waals surface area contributed by atoms with Gasteiger partial charge in [-0.2, -0.15) is 0 Å². The summed E-state index contributed by atoms with van der Waals surface area (Å²) in [5.41, 5.74) is 14.4. The van der Waals surface area contributed by atoms with Gasteiger partial charge in [0.2, 0.25) is 6.41 Å². The number of nitrogens with zero attached hydrogens (tertiary/aromatic N) is 2. The number of hydrogen-bond acceptors (Lipinski definition) is 4. The molecule has 1 aromatic carbocycles. The summed E-state index contributed by atoms with van der Waals surface area (Å²) in [5.74, 6) is 0.171. The number of carbonyl (C=O) groups excluding carboxylic acids is 1. The van der Waals surface area contributed by atoms with E-state index in [-0.39, 0.29) is 63.5 Å². The van der Waals surface area contributed by atoms with E-state index in [0.717, 1.165) is 29.8 Å². The van der Waals surface area contributed by atoms with Gasteiger partial charge in [-0.3, -0.25) is 4.79 Å². The van der Waals surface area contributed by atoms with E-state index in [1.807, 2.05) is 6.08 Å². The molecule has 0 heterocycles. The fraction of sp³-hybridized carbons (Fsp3) is 0.400. The van der Waals surface area contributed by atoms with Gasteiger partial charge in [-0.05, 0) is 29.5 Å². The van der Waals surface area contributed by atoms with E-state index in [9.17, 15) is 5.11 Å². The second-order valence-electron chi connectivity index (χ2n) is 5.63. The SMILES string of the molecule is C=C/C=c1/c(/C=N\[N-]CCCCCCCCN)c(O)ccc1=C.NC=O.[K+]. The zero-order valence-corrected chi connectivity index (χ0v) is 19.6. The molecule has 0 unspecified atom stereocenters. The normalized spacial score (nSPS) is 10.6. The Morgan fingerprint density at radius 2 is 1.74 bits per heavy atom. The Bertz CT molecular complexity index is 663. The van der Waals surface area contributed by atoms with Gasteiger partial charge in [-0.25, -0.2) is 0 Å². The summed E-state index contributed by atoms with van der Waals surface area (Å²) < 4.78 is 0. The Balaban J connectivity index is 0. The number of phenols is 1. The number of hydrogen-bond donors (Lipinski definition) is 3. The molecule has 1 aromatic rings. The van der Waals surface area contributed by atoms with Crippen LogP contribution < -0.4 is 73.3 Å². The number of phenolic OH excluding ortho intramolecular Hbond substituents is 1. The van der Waals surface area contributed by atoms with Gasteiger partial charge in [0.25, 0.3) is 0 Å². The molecule has 27 heavy (non-hydrogen) atoms. The average Bonchev–Trinajstić information content (AvgIpc) is 2.62. The minimum Gasteiger partial charge on any atom is -0.602 e. The van der Waals surface area contributed by atoms with Gasteiger partial charge in [-0.15, -0.1) is 6.54 Å². The van der Waals surface area contributed by atoms with Crippen LogP contribution in [0.3, 0.4) is 0 Å². The van der Waals surface area contributed by atoms with Crippen LogP contribution in [-0.2, 0) is 4.79 Å². The first-order chi connectivity index (χ1) is 12.6. The van der Waals surface area contributed by atoms with E-state index < -0.39 is 0 Å². The number of nitrogens with two attached hydrogens (primary N) is 2. The van der Waals surface area contributed by atoms with Crippen LogP contribution in [0.2, 0.25) is 0 Å². The quantitative estimate of drug-likeness (QED) is 0.144. The molecule has 0 saturated carbocycles. The fourth-order valence-electron chi connectivity index (χ4n) is 2.31. The Labute approximate surface area is 204 Å². The fourth-order valence-corrected chi connectivity index (χ4v) is 2.31. The minimum absolute atomic E-state index is 0. The van der Waals surface area contributed by atoms with E-state index in [1.54, 1.807) is 24.4 Å². The van der Waals surface area contributed by atoms with E-state index >= 15 is 0 Å². The molecule has 6 nitrogen and oxygen atoms in total. The van der Waals surface area contributed by atoms with E-state index in [2.05, 4.69) is 29.4 Å². The third-order valence-electron chi connectivity index (χ3n) is 3.62. The smallest absolute Gasteiger partial charge is 0.602 e. The van der Waals surface area contributed by atoms with Crippen molar-refractivity contribution in [3.8, 4) is 5.75 Å². The monoisotopic (exact) mass is 398 g/mol. The largest absolute Gasteiger partial charge is 1.00 e. The maximum absolute atomic E-state index is 9.96. The van der Waals surface area contributed by atoms with Gasteiger partial charge in [0.1, 0.15) is 5.75 Å². The Morgan fingerprint density at radius 3 is 2.33 bits per heavy atom. The summed E-state index contributed by atoms with van der Waals surface area (Å²) in [5, 5.41) is 15.7. The second kappa shape index (κ2) is 19.8. The van der Waals surface area contributed by atoms with Crippen molar-refractivity contribution in [2.24, 2.45) is 16.6 Å². The molecule has 5 N–H and O–H groups in total. The predicted octanol–water partition coefficient (Wildman–Crippen LogP) is -1.12. The standard InChI is InChI=1S/C19H28N3O.CH3NO.K/c1-3-10-17-16(2)11-12-19(23)18(17)15-22-21-14-9-7-5-4-6-8-13-20;2-1-3;/h3,10-12,15H,1-2,4-9,13-14,20H2,(H,22,23);1H,(H2,2,3);/q-1;;+1/b17-10+;;. The first-order valence-electron chi connectivity index (χ1n) is 8.81. The first-order valence-corrected chi connectivity index (χ1v) is 8.81. The number of primary amides is 1. The second-order valence-corrected chi connectivity index (χ2v) is 5.63. The molecule has 0 saturated heterocycles. The van der Waals surface area contributed by atoms with E-state index in [4.69, 9.17) is 10.5 Å². The maximum Gasteiger partial charge on any atom is 1.00 e. The van der Waals surface area contributed by atoms with Crippen molar-refractivity contribution in [3.05, 3.63) is 46.2 Å². The van der Waals surface area contributed by atoms with Gasteiger partial charge in [0.15, 0.2) is 0 Å². The Morgan fingerprint density at radius 1 is 1.15 bits per heavy atom. The van der Waals surface area contributed by atoms with Crippen molar-refractivity contribution in [1.29, 1.82) is 0 Å². The number of aromatic hydroxyl groups is 1. The average molecular weight is 399 g/mol. The van der Waals surface area contributed by atoms with Crippen molar-refractivity contribution in [2.45, 2.75) is 38.5 Å². The minimum atomic E-state index is 0. The molecule has 0 spiro atoms. The predicted molar refractivity (Wildman–Crippen MR) is 110 cm³/mol. The van der Waals surface area contributed by atoms with E-state index in [0.29, 0.717) is 12.1 Å². The van der Waals surface area contributed by atoms with Gasteiger partial charge in [-0.1, -0.05) is 63.5 Å². The van der Waals surface area contributed by atoms with Crippen LogP contribution in [0.4, 0.5) is 0 Å². The molecule has 7 heteroatoms. The van der Waals surface area contributed by atoms with Crippen LogP contribution in [0.1, 0.15) is 44.1 Å². The third kappa shape index (κ3) is 13.8. The molecule has 0 aliphatic heterocycles. The summed E-state index contributed by atoms with van der Waals surface area (Å²) in [6, 6.07) is 3.38. The molecular weight excluding hydrogens is 367 g/mol.